The summed E-state index contributed by atoms with van der Waals surface area (Å²) in [5.41, 5.74) is -2.01. The monoisotopic (exact) mass is 818 g/mol. The van der Waals surface area contributed by atoms with Crippen LogP contribution in [0, 0.1) is 17.8 Å². The number of alkyl halides is 9. The van der Waals surface area contributed by atoms with Crippen molar-refractivity contribution in [3.05, 3.63) is 58.3 Å². The minimum absolute atomic E-state index is 0.116. The number of carbonyl (C=O) groups is 4. The Kier molecular flexibility index (Phi) is 8.44. The molecule has 4 amide bonds. The van der Waals surface area contributed by atoms with Crippen LogP contribution in [0.5, 0.6) is 11.5 Å². The molecule has 20 heteroatoms. The van der Waals surface area contributed by atoms with Crippen LogP contribution in [0.3, 0.4) is 0 Å². The number of nitrogens with zero attached hydrogens (tertiary/aromatic N) is 4. The Hall–Kier alpha value is -3.28. The molecule has 1 aromatic carbocycles. The number of benzene rings is 1. The van der Waals surface area contributed by atoms with Crippen LogP contribution < -0.4 is 9.75 Å². The van der Waals surface area contributed by atoms with Crippen LogP contribution in [0.1, 0.15) is 30.0 Å². The molecule has 0 spiro atoms. The van der Waals surface area contributed by atoms with Gasteiger partial charge in [0.25, 0.3) is 23.6 Å². The van der Waals surface area contributed by atoms with Crippen molar-refractivity contribution < 1.29 is 55.4 Å². The van der Waals surface area contributed by atoms with Gasteiger partial charge >= 0.3 is 12.5 Å². The van der Waals surface area contributed by atoms with E-state index < -0.39 is 99.0 Å². The number of anilines is 1. The van der Waals surface area contributed by atoms with Crippen molar-refractivity contribution in [1.29, 1.82) is 0 Å². The van der Waals surface area contributed by atoms with Gasteiger partial charge in [0.1, 0.15) is 17.2 Å². The lowest BCUT2D eigenvalue weighted by Crippen LogP contribution is -2.60. The molecule has 6 rings (SSSR count). The number of carbonyl (C=O) groups excluding carboxylic acids is 4. The van der Waals surface area contributed by atoms with Crippen molar-refractivity contribution in [2.75, 3.05) is 17.5 Å². The zero-order chi connectivity index (χ0) is 36.2. The highest BCUT2D eigenvalue weighted by Crippen LogP contribution is 2.66. The molecule has 1 saturated carbocycles. The van der Waals surface area contributed by atoms with Gasteiger partial charge in [0.05, 0.1) is 22.3 Å². The topological polar surface area (TPSA) is 120 Å². The first-order valence-electron chi connectivity index (χ1n) is 14.1. The Morgan fingerprint density at radius 3 is 2.33 bits per heavy atom. The number of halogens is 10. The average molecular weight is 821 g/mol. The highest BCUT2D eigenvalue weighted by Gasteiger charge is 2.76. The van der Waals surface area contributed by atoms with Crippen molar-refractivity contribution in [3.8, 4) is 11.5 Å². The number of likely N-dealkylation sites (tertiary alicyclic amines) is 1. The van der Waals surface area contributed by atoms with Gasteiger partial charge in [-0.15, -0.1) is 36.4 Å². The van der Waals surface area contributed by atoms with E-state index in [0.29, 0.717) is 16.0 Å². The number of phenolic OH excluding ortho intramolecular Hbond substituents is 1. The summed E-state index contributed by atoms with van der Waals surface area (Å²) >= 11 is 23.3. The number of hydrogen-bond acceptors (Lipinski definition) is 8. The van der Waals surface area contributed by atoms with Crippen molar-refractivity contribution >= 4 is 80.2 Å². The first-order valence-corrected chi connectivity index (χ1v) is 16.4. The molecule has 49 heavy (non-hydrogen) atoms. The fourth-order valence-corrected chi connectivity index (χ4v) is 8.89. The van der Waals surface area contributed by atoms with E-state index in [1.807, 2.05) is 0 Å². The van der Waals surface area contributed by atoms with Crippen LogP contribution in [0.4, 0.5) is 32.2 Å². The highest BCUT2D eigenvalue weighted by molar-refractivity contribution is 9.09. The molecule has 1 N–H and O–H groups in total. The van der Waals surface area contributed by atoms with E-state index in [-0.39, 0.29) is 28.0 Å². The van der Waals surface area contributed by atoms with Gasteiger partial charge in [-0.1, -0.05) is 39.2 Å². The van der Waals surface area contributed by atoms with Crippen LogP contribution in [0.15, 0.2) is 42.0 Å². The Morgan fingerprint density at radius 2 is 1.71 bits per heavy atom. The van der Waals surface area contributed by atoms with Crippen LogP contribution in [-0.2, 0) is 25.4 Å². The number of rotatable bonds is 5. The van der Waals surface area contributed by atoms with Gasteiger partial charge in [0.15, 0.2) is 15.6 Å². The zero-order valence-corrected chi connectivity index (χ0v) is 28.3. The molecular weight excluding hydrogens is 801 g/mol. The van der Waals surface area contributed by atoms with E-state index >= 15 is 0 Å². The summed E-state index contributed by atoms with van der Waals surface area (Å²) in [7, 11) is 1.10. The summed E-state index contributed by atoms with van der Waals surface area (Å²) in [5, 5.41) is 12.0. The van der Waals surface area contributed by atoms with Gasteiger partial charge in [-0.3, -0.25) is 29.1 Å². The summed E-state index contributed by atoms with van der Waals surface area (Å²) in [5.74, 6) is -11.2. The fraction of sp³-hybridized carbons (Fsp3) is 0.414. The van der Waals surface area contributed by atoms with Crippen LogP contribution in [-0.4, -0.2) is 72.2 Å². The lowest BCUT2D eigenvalue weighted by Gasteiger charge is -2.50. The van der Waals surface area contributed by atoms with Gasteiger partial charge in [-0.25, -0.2) is 4.98 Å². The number of phenols is 1. The molecule has 4 aliphatic rings. The number of allylic oxidation sites excluding steroid dienone is 2. The fourth-order valence-electron chi connectivity index (χ4n) is 7.25. The molecule has 2 aliphatic heterocycles. The maximum Gasteiger partial charge on any atom is 0.573 e. The van der Waals surface area contributed by atoms with Crippen molar-refractivity contribution in [2.45, 2.75) is 41.0 Å². The second-order valence-electron chi connectivity index (χ2n) is 11.8. The molecule has 1 aromatic heterocycles. The third kappa shape index (κ3) is 5.25. The molecule has 0 bridgehead atoms. The predicted octanol–water partition coefficient (Wildman–Crippen LogP) is 6.12. The van der Waals surface area contributed by atoms with Gasteiger partial charge in [0, 0.05) is 18.5 Å². The molecule has 2 saturated heterocycles. The third-order valence-corrected chi connectivity index (χ3v) is 11.5. The minimum atomic E-state index is -5.16. The Morgan fingerprint density at radius 1 is 1.04 bits per heavy atom. The van der Waals surface area contributed by atoms with Crippen LogP contribution >= 0.6 is 50.7 Å². The first kappa shape index (κ1) is 35.5. The standard InChI is InChI=1S/C29H20BrCl3F6N4O6/c1-41(21-16(31)5-7-18(40-21)28(34,35)36)43-22(45)13-4-3-12-15(19(13)23(43)46)9-26(32)24(47)42(10-30)25(48)27(26,33)20(12)14-8-11(2-6-17(14)44)49-29(37,38)39/h2-3,5-8,13,15,19-20,44H,4,9-10H2,1H3. The number of pyridine rings is 1. The average Bonchev–Trinajstić information content (AvgIpc) is 3.34. The zero-order valence-electron chi connectivity index (χ0n) is 24.5. The quantitative estimate of drug-likeness (QED) is 0.126. The molecule has 6 unspecified atom stereocenters. The molecule has 2 aliphatic carbocycles. The van der Waals surface area contributed by atoms with Crippen LogP contribution in [0.2, 0.25) is 5.02 Å². The molecule has 3 heterocycles. The maximum atomic E-state index is 14.2. The smallest absolute Gasteiger partial charge is 0.508 e. The Bertz CT molecular complexity index is 1850. The van der Waals surface area contributed by atoms with E-state index in [4.69, 9.17) is 34.8 Å². The van der Waals surface area contributed by atoms with Gasteiger partial charge < -0.3 is 9.84 Å². The summed E-state index contributed by atoms with van der Waals surface area (Å²) in [6.45, 7) is 0. The molecule has 3 fully saturated rings. The second kappa shape index (κ2) is 11.6. The molecule has 0 radical (unpaired) electrons. The highest BCUT2D eigenvalue weighted by atomic mass is 79.9. The second-order valence-corrected chi connectivity index (χ2v) is 13.9. The number of imide groups is 2. The molecule has 10 nitrogen and oxygen atoms in total. The number of amides is 4. The normalized spacial score (nSPS) is 29.9. The SMILES string of the molecule is CN(c1nc(C(F)(F)F)ccc1Cl)N1C(=O)C2CC=C3C(CC4(Cl)C(=O)N(CBr)C(=O)C4(Cl)C3c3cc(OC(F)(F)F)ccc3O)C2C1=O. The van der Waals surface area contributed by atoms with Gasteiger partial charge in [-0.2, -0.15) is 18.2 Å². The first-order chi connectivity index (χ1) is 22.7. The number of ether oxygens (including phenoxy) is 1. The van der Waals surface area contributed by atoms with Crippen molar-refractivity contribution in [3.63, 3.8) is 0 Å². The molecule has 6 atom stereocenters. The summed E-state index contributed by atoms with van der Waals surface area (Å²) < 4.78 is 84.1. The minimum Gasteiger partial charge on any atom is -0.508 e. The van der Waals surface area contributed by atoms with E-state index in [9.17, 15) is 50.6 Å². The summed E-state index contributed by atoms with van der Waals surface area (Å²) in [6.07, 6.45) is -9.35. The Labute approximate surface area is 295 Å². The molecule has 2 aromatic rings. The summed E-state index contributed by atoms with van der Waals surface area (Å²) in [6, 6.07) is 3.95. The number of hydrazine groups is 1. The van der Waals surface area contributed by atoms with E-state index in [1.54, 1.807) is 0 Å². The number of hydrogen-bond donors (Lipinski definition) is 1. The van der Waals surface area contributed by atoms with E-state index in [1.165, 1.54) is 6.08 Å². The maximum absolute atomic E-state index is 14.2. The van der Waals surface area contributed by atoms with E-state index in [2.05, 4.69) is 25.7 Å². The van der Waals surface area contributed by atoms with Crippen molar-refractivity contribution in [1.82, 2.24) is 14.9 Å². The lowest BCUT2D eigenvalue weighted by atomic mass is 9.56. The van der Waals surface area contributed by atoms with E-state index in [0.717, 1.165) is 36.3 Å². The lowest BCUT2D eigenvalue weighted by molar-refractivity contribution is -0.274. The molecule has 262 valence electrons. The number of aromatic hydroxyl groups is 1. The Balaban J connectivity index is 1.48. The van der Waals surface area contributed by atoms with Crippen LogP contribution in [0.25, 0.3) is 0 Å². The summed E-state index contributed by atoms with van der Waals surface area (Å²) in [4.78, 5) is 55.0. The van der Waals surface area contributed by atoms with Crippen molar-refractivity contribution in [2.24, 2.45) is 17.8 Å². The number of aromatic nitrogens is 1. The van der Waals surface area contributed by atoms with Gasteiger partial charge in [-0.05, 0) is 49.1 Å². The number of fused-ring (bicyclic) bond motifs is 4. The third-order valence-electron chi connectivity index (χ3n) is 9.26. The molecular formula is C29H20BrCl3F6N4O6. The predicted molar refractivity (Wildman–Crippen MR) is 163 cm³/mol. The van der Waals surface area contributed by atoms with Gasteiger partial charge in [0.2, 0.25) is 0 Å². The largest absolute Gasteiger partial charge is 0.573 e.